The number of anilines is 2. The van der Waals surface area contributed by atoms with Gasteiger partial charge in [0.05, 0.1) is 19.9 Å². The van der Waals surface area contributed by atoms with Crippen LogP contribution in [-0.2, 0) is 0 Å². The van der Waals surface area contributed by atoms with Gasteiger partial charge in [0.15, 0.2) is 11.5 Å². The van der Waals surface area contributed by atoms with Crippen molar-refractivity contribution in [3.05, 3.63) is 63.9 Å². The Labute approximate surface area is 175 Å². The van der Waals surface area contributed by atoms with E-state index in [0.717, 1.165) is 5.56 Å². The molecule has 0 saturated heterocycles. The summed E-state index contributed by atoms with van der Waals surface area (Å²) in [5.74, 6) is 1.19. The lowest BCUT2D eigenvalue weighted by Gasteiger charge is -2.28. The Morgan fingerprint density at radius 2 is 1.90 bits per heavy atom. The zero-order chi connectivity index (χ0) is 21.5. The minimum absolute atomic E-state index is 0.00768. The van der Waals surface area contributed by atoms with Gasteiger partial charge in [-0.1, -0.05) is 23.3 Å². The Balaban J connectivity index is 1.83. The summed E-state index contributed by atoms with van der Waals surface area (Å²) in [5.41, 5.74) is 2.26. The van der Waals surface area contributed by atoms with Gasteiger partial charge in [-0.25, -0.2) is 5.10 Å². The number of aromatic nitrogens is 6. The summed E-state index contributed by atoms with van der Waals surface area (Å²) >= 11 is 0. The topological polar surface area (TPSA) is 140 Å². The second-order valence-electron chi connectivity index (χ2n) is 6.79. The summed E-state index contributed by atoms with van der Waals surface area (Å²) in [4.78, 5) is 12.7. The van der Waals surface area contributed by atoms with E-state index in [1.807, 2.05) is 24.3 Å². The van der Waals surface area contributed by atoms with Gasteiger partial charge in [0.25, 0.3) is 5.56 Å². The molecule has 2 aromatic carbocycles. The average molecular weight is 419 g/mol. The summed E-state index contributed by atoms with van der Waals surface area (Å²) < 4.78 is 12.4. The second kappa shape index (κ2) is 7.13. The standard InChI is InChI=1S/C20H17N7O4/c1-30-13-6-4-3-5-11(13)18-15-16(10-7-8-12(28)14(9-10)31-2)22-23-19(29)17(15)21-20-24-25-26-27(18)20/h3-9,18,28H,1-2H3,(H,23,29)(H,21,24,26)/t18-/m0/s1. The summed E-state index contributed by atoms with van der Waals surface area (Å²) in [7, 11) is 3.03. The quantitative estimate of drug-likeness (QED) is 0.398. The maximum Gasteiger partial charge on any atom is 0.288 e. The summed E-state index contributed by atoms with van der Waals surface area (Å²) in [5, 5.41) is 31.7. The number of nitrogens with zero attached hydrogens (tertiary/aromatic N) is 5. The molecule has 11 nitrogen and oxygen atoms in total. The van der Waals surface area contributed by atoms with Gasteiger partial charge in [-0.15, -0.1) is 0 Å². The highest BCUT2D eigenvalue weighted by Crippen LogP contribution is 2.44. The first kappa shape index (κ1) is 18.6. The zero-order valence-electron chi connectivity index (χ0n) is 16.5. The van der Waals surface area contributed by atoms with Crippen LogP contribution in [-0.4, -0.2) is 49.7 Å². The minimum Gasteiger partial charge on any atom is -0.504 e. The number of nitrogens with one attached hydrogen (secondary N) is 2. The van der Waals surface area contributed by atoms with Crippen LogP contribution in [0.3, 0.4) is 0 Å². The lowest BCUT2D eigenvalue weighted by Crippen LogP contribution is -2.29. The van der Waals surface area contributed by atoms with Gasteiger partial charge in [-0.3, -0.25) is 4.79 Å². The number of fused-ring (bicyclic) bond motifs is 2. The van der Waals surface area contributed by atoms with Crippen LogP contribution in [0.15, 0.2) is 47.3 Å². The van der Waals surface area contributed by atoms with Crippen LogP contribution in [0.1, 0.15) is 17.2 Å². The molecule has 156 valence electrons. The third kappa shape index (κ3) is 2.86. The van der Waals surface area contributed by atoms with Crippen LogP contribution in [0.25, 0.3) is 11.3 Å². The van der Waals surface area contributed by atoms with Gasteiger partial charge in [0, 0.05) is 16.7 Å². The largest absolute Gasteiger partial charge is 0.504 e. The highest BCUT2D eigenvalue weighted by molar-refractivity contribution is 5.77. The van der Waals surface area contributed by atoms with E-state index >= 15 is 0 Å². The Hall–Kier alpha value is -4.41. The van der Waals surface area contributed by atoms with E-state index < -0.39 is 11.6 Å². The normalized spacial score (nSPS) is 14.3. The predicted molar refractivity (Wildman–Crippen MR) is 110 cm³/mol. The van der Waals surface area contributed by atoms with Gasteiger partial charge in [0.2, 0.25) is 5.95 Å². The first-order valence-corrected chi connectivity index (χ1v) is 9.30. The van der Waals surface area contributed by atoms with Crippen molar-refractivity contribution in [3.63, 3.8) is 0 Å². The van der Waals surface area contributed by atoms with Crippen molar-refractivity contribution in [2.45, 2.75) is 6.04 Å². The first-order valence-electron chi connectivity index (χ1n) is 9.30. The second-order valence-corrected chi connectivity index (χ2v) is 6.79. The van der Waals surface area contributed by atoms with E-state index in [1.165, 1.54) is 13.2 Å². The number of H-pyrrole nitrogens is 1. The van der Waals surface area contributed by atoms with Crippen LogP contribution in [0.2, 0.25) is 0 Å². The fourth-order valence-electron chi connectivity index (χ4n) is 3.76. The monoisotopic (exact) mass is 419 g/mol. The van der Waals surface area contributed by atoms with Crippen LogP contribution in [0.4, 0.5) is 11.6 Å². The van der Waals surface area contributed by atoms with Crippen LogP contribution in [0, 0.1) is 0 Å². The number of rotatable bonds is 4. The molecule has 1 aliphatic heterocycles. The summed E-state index contributed by atoms with van der Waals surface area (Å²) in [6, 6.07) is 11.7. The van der Waals surface area contributed by atoms with Crippen molar-refractivity contribution < 1.29 is 14.6 Å². The Bertz CT molecular complexity index is 1350. The van der Waals surface area contributed by atoms with E-state index in [9.17, 15) is 9.90 Å². The fraction of sp³-hybridized carbons (Fsp3) is 0.150. The minimum atomic E-state index is -0.595. The molecule has 3 heterocycles. The molecular weight excluding hydrogens is 402 g/mol. The summed E-state index contributed by atoms with van der Waals surface area (Å²) in [6.07, 6.45) is 0. The van der Waals surface area contributed by atoms with Crippen molar-refractivity contribution >= 4 is 11.6 Å². The van der Waals surface area contributed by atoms with Crippen LogP contribution in [0.5, 0.6) is 17.2 Å². The zero-order valence-corrected chi connectivity index (χ0v) is 16.5. The molecule has 31 heavy (non-hydrogen) atoms. The molecule has 3 N–H and O–H groups in total. The van der Waals surface area contributed by atoms with Crippen molar-refractivity contribution in [1.29, 1.82) is 0 Å². The van der Waals surface area contributed by atoms with Crippen LogP contribution < -0.4 is 20.3 Å². The number of methoxy groups -OCH3 is 2. The molecular formula is C20H17N7O4. The van der Waals surface area contributed by atoms with Gasteiger partial charge in [-0.05, 0) is 34.7 Å². The number of tetrazole rings is 1. The number of aromatic hydroxyl groups is 1. The molecule has 5 rings (SSSR count). The van der Waals surface area contributed by atoms with Crippen molar-refractivity contribution in [2.75, 3.05) is 19.5 Å². The number of benzene rings is 2. The first-order chi connectivity index (χ1) is 15.1. The lowest BCUT2D eigenvalue weighted by molar-refractivity contribution is 0.373. The van der Waals surface area contributed by atoms with E-state index in [2.05, 4.69) is 31.0 Å². The number of hydrogen-bond acceptors (Lipinski definition) is 9. The number of phenolic OH excluding ortho intramolecular Hbond substituents is 1. The van der Waals surface area contributed by atoms with Crippen molar-refractivity contribution in [1.82, 2.24) is 30.4 Å². The van der Waals surface area contributed by atoms with Crippen LogP contribution >= 0.6 is 0 Å². The highest BCUT2D eigenvalue weighted by Gasteiger charge is 2.35. The Morgan fingerprint density at radius 3 is 2.71 bits per heavy atom. The molecule has 0 spiro atoms. The molecule has 11 heteroatoms. The number of hydrogen-bond donors (Lipinski definition) is 3. The van der Waals surface area contributed by atoms with Crippen molar-refractivity contribution in [2.24, 2.45) is 0 Å². The SMILES string of the molecule is COc1cc(-c2n[nH]c(=O)c3c2[C@H](c2ccccc2OC)n2nnnc2N3)ccc1O. The fourth-order valence-corrected chi connectivity index (χ4v) is 3.76. The van der Waals surface area contributed by atoms with E-state index in [0.29, 0.717) is 28.5 Å². The molecule has 1 aliphatic rings. The molecule has 0 unspecified atom stereocenters. The third-order valence-electron chi connectivity index (χ3n) is 5.16. The highest BCUT2D eigenvalue weighted by atomic mass is 16.5. The molecule has 0 saturated carbocycles. The molecule has 0 bridgehead atoms. The maximum atomic E-state index is 12.7. The average Bonchev–Trinajstić information content (AvgIpc) is 3.27. The number of aromatic amines is 1. The van der Waals surface area contributed by atoms with Gasteiger partial charge in [0.1, 0.15) is 17.5 Å². The predicted octanol–water partition coefficient (Wildman–Crippen LogP) is 1.84. The molecule has 4 aromatic rings. The molecule has 0 fully saturated rings. The maximum absolute atomic E-state index is 12.7. The van der Waals surface area contributed by atoms with Gasteiger partial charge in [-0.2, -0.15) is 9.78 Å². The summed E-state index contributed by atoms with van der Waals surface area (Å²) in [6.45, 7) is 0. The van der Waals surface area contributed by atoms with E-state index in [-0.39, 0.29) is 17.2 Å². The molecule has 0 radical (unpaired) electrons. The van der Waals surface area contributed by atoms with Gasteiger partial charge >= 0.3 is 0 Å². The number of ether oxygens (including phenoxy) is 2. The van der Waals surface area contributed by atoms with Gasteiger partial charge < -0.3 is 19.9 Å². The number of para-hydroxylation sites is 1. The molecule has 0 aliphatic carbocycles. The smallest absolute Gasteiger partial charge is 0.288 e. The molecule has 2 aromatic heterocycles. The Kier molecular flexibility index (Phi) is 4.28. The lowest BCUT2D eigenvalue weighted by atomic mass is 9.92. The van der Waals surface area contributed by atoms with E-state index in [1.54, 1.807) is 23.9 Å². The Morgan fingerprint density at radius 1 is 1.10 bits per heavy atom. The molecule has 0 amide bonds. The van der Waals surface area contributed by atoms with E-state index in [4.69, 9.17) is 9.47 Å². The molecule has 1 atom stereocenters. The third-order valence-corrected chi connectivity index (χ3v) is 5.16. The number of phenols is 1. The van der Waals surface area contributed by atoms with Crippen molar-refractivity contribution in [3.8, 4) is 28.5 Å².